The lowest BCUT2D eigenvalue weighted by molar-refractivity contribution is -0.118. The zero-order chi connectivity index (χ0) is 23.2. The van der Waals surface area contributed by atoms with Crippen LogP contribution in [-0.2, 0) is 4.79 Å². The van der Waals surface area contributed by atoms with Crippen molar-refractivity contribution in [3.63, 3.8) is 0 Å². The van der Waals surface area contributed by atoms with Crippen molar-refractivity contribution >= 4 is 40.0 Å². The molecule has 3 amide bonds. The highest BCUT2D eigenvalue weighted by Crippen LogP contribution is 2.22. The van der Waals surface area contributed by atoms with Crippen molar-refractivity contribution in [2.75, 3.05) is 22.6 Å². The Morgan fingerprint density at radius 1 is 0.848 bits per heavy atom. The summed E-state index contributed by atoms with van der Waals surface area (Å²) in [7, 11) is 0. The van der Waals surface area contributed by atoms with Gasteiger partial charge in [0.25, 0.3) is 5.91 Å². The van der Waals surface area contributed by atoms with Crippen LogP contribution in [-0.4, -0.2) is 18.5 Å². The van der Waals surface area contributed by atoms with Gasteiger partial charge < -0.3 is 25.1 Å². The van der Waals surface area contributed by atoms with Crippen molar-refractivity contribution < 1.29 is 18.7 Å². The van der Waals surface area contributed by atoms with Crippen molar-refractivity contribution in [2.45, 2.75) is 6.92 Å². The summed E-state index contributed by atoms with van der Waals surface area (Å²) >= 11 is 0. The lowest BCUT2D eigenvalue weighted by atomic mass is 10.2. The van der Waals surface area contributed by atoms with Crippen LogP contribution in [0.2, 0.25) is 0 Å². The summed E-state index contributed by atoms with van der Waals surface area (Å²) in [5, 5.41) is 9.01. The number of para-hydroxylation sites is 1. The maximum Gasteiger partial charge on any atom is 0.336 e. The molecule has 0 spiro atoms. The fraction of sp³-hybridized carbons (Fsp3) is 0.0800. The summed E-state index contributed by atoms with van der Waals surface area (Å²) in [6.07, 6.45) is 0. The van der Waals surface area contributed by atoms with E-state index in [0.717, 1.165) is 10.9 Å². The molecular weight excluding hydrogens is 422 g/mol. The molecule has 0 unspecified atom stereocenters. The van der Waals surface area contributed by atoms with Crippen molar-refractivity contribution in [3.8, 4) is 5.75 Å². The number of ether oxygens (including phenoxy) is 1. The van der Waals surface area contributed by atoms with Gasteiger partial charge in [-0.1, -0.05) is 24.3 Å². The van der Waals surface area contributed by atoms with Crippen LogP contribution in [0.5, 0.6) is 5.75 Å². The third kappa shape index (κ3) is 5.76. The van der Waals surface area contributed by atoms with E-state index in [2.05, 4.69) is 16.0 Å². The van der Waals surface area contributed by atoms with Crippen LogP contribution in [0.3, 0.4) is 0 Å². The zero-order valence-corrected chi connectivity index (χ0v) is 17.8. The molecule has 33 heavy (non-hydrogen) atoms. The van der Waals surface area contributed by atoms with Gasteiger partial charge in [-0.15, -0.1) is 0 Å². The molecule has 0 atom stereocenters. The molecule has 1 heterocycles. The van der Waals surface area contributed by atoms with E-state index in [1.165, 1.54) is 6.07 Å². The van der Waals surface area contributed by atoms with Crippen LogP contribution in [0.25, 0.3) is 11.0 Å². The van der Waals surface area contributed by atoms with Gasteiger partial charge in [0.2, 0.25) is 0 Å². The number of rotatable bonds is 6. The summed E-state index contributed by atoms with van der Waals surface area (Å²) in [5.41, 5.74) is 2.48. The van der Waals surface area contributed by atoms with Gasteiger partial charge in [0.1, 0.15) is 11.3 Å². The molecule has 0 radical (unpaired) electrons. The largest absolute Gasteiger partial charge is 0.484 e. The maximum atomic E-state index is 12.4. The van der Waals surface area contributed by atoms with E-state index in [0.29, 0.717) is 28.4 Å². The molecule has 1 aromatic heterocycles. The highest BCUT2D eigenvalue weighted by molar-refractivity contribution is 6.00. The third-order valence-electron chi connectivity index (χ3n) is 4.77. The van der Waals surface area contributed by atoms with Crippen LogP contribution in [0.4, 0.5) is 21.9 Å². The van der Waals surface area contributed by atoms with Gasteiger partial charge in [-0.3, -0.25) is 4.79 Å². The molecule has 8 nitrogen and oxygen atoms in total. The number of urea groups is 1. The molecule has 0 bridgehead atoms. The molecule has 8 heteroatoms. The number of amides is 3. The number of carbonyl (C=O) groups is 2. The Bertz CT molecular complexity index is 1370. The molecule has 3 N–H and O–H groups in total. The summed E-state index contributed by atoms with van der Waals surface area (Å²) in [4.78, 5) is 36.0. The van der Waals surface area contributed by atoms with E-state index in [1.807, 2.05) is 25.1 Å². The molecule has 0 fully saturated rings. The number of nitrogens with one attached hydrogen (secondary N) is 3. The van der Waals surface area contributed by atoms with E-state index in [4.69, 9.17) is 9.15 Å². The third-order valence-corrected chi connectivity index (χ3v) is 4.77. The first-order chi connectivity index (χ1) is 16.0. The fourth-order valence-electron chi connectivity index (χ4n) is 3.12. The van der Waals surface area contributed by atoms with Crippen molar-refractivity contribution in [1.29, 1.82) is 0 Å². The molecule has 0 saturated heterocycles. The number of fused-ring (bicyclic) bond motifs is 1. The number of benzene rings is 3. The predicted octanol–water partition coefficient (Wildman–Crippen LogP) is 4.76. The van der Waals surface area contributed by atoms with Crippen LogP contribution < -0.4 is 26.3 Å². The number of anilines is 3. The first-order valence-corrected chi connectivity index (χ1v) is 10.2. The molecule has 0 aliphatic carbocycles. The smallest absolute Gasteiger partial charge is 0.336 e. The molecule has 0 aliphatic rings. The Balaban J connectivity index is 1.36. The Morgan fingerprint density at radius 2 is 1.61 bits per heavy atom. The average Bonchev–Trinajstić information content (AvgIpc) is 2.80. The fourth-order valence-corrected chi connectivity index (χ4v) is 3.12. The van der Waals surface area contributed by atoms with Gasteiger partial charge in [0, 0.05) is 34.6 Å². The second kappa shape index (κ2) is 9.69. The molecule has 4 rings (SSSR count). The average molecular weight is 443 g/mol. The molecule has 4 aromatic rings. The van der Waals surface area contributed by atoms with Crippen molar-refractivity contribution in [3.05, 3.63) is 94.8 Å². The molecule has 0 aliphatic heterocycles. The molecular formula is C25H21N3O5. The van der Waals surface area contributed by atoms with Gasteiger partial charge in [-0.2, -0.15) is 0 Å². The van der Waals surface area contributed by atoms with Crippen LogP contribution in [0.15, 0.2) is 88.1 Å². The van der Waals surface area contributed by atoms with E-state index < -0.39 is 11.7 Å². The minimum absolute atomic E-state index is 0.242. The van der Waals surface area contributed by atoms with Crippen LogP contribution in [0, 0.1) is 6.92 Å². The maximum absolute atomic E-state index is 12.4. The Kier molecular flexibility index (Phi) is 6.36. The Morgan fingerprint density at radius 3 is 2.42 bits per heavy atom. The predicted molar refractivity (Wildman–Crippen MR) is 127 cm³/mol. The SMILES string of the molecule is Cc1ccc(NC(=O)Nc2ccccc2)cc1NC(=O)COc1ccc2ccc(=O)oc2c1. The summed E-state index contributed by atoms with van der Waals surface area (Å²) in [6, 6.07) is 21.9. The number of hydrogen-bond donors (Lipinski definition) is 3. The summed E-state index contributed by atoms with van der Waals surface area (Å²) in [5.74, 6) is 0.0234. The lowest BCUT2D eigenvalue weighted by Crippen LogP contribution is -2.21. The normalized spacial score (nSPS) is 10.5. The highest BCUT2D eigenvalue weighted by Gasteiger charge is 2.09. The Hall–Kier alpha value is -4.59. The molecule has 3 aromatic carbocycles. The van der Waals surface area contributed by atoms with E-state index >= 15 is 0 Å². The van der Waals surface area contributed by atoms with Crippen molar-refractivity contribution in [2.24, 2.45) is 0 Å². The number of carbonyl (C=O) groups excluding carboxylic acids is 2. The van der Waals surface area contributed by atoms with E-state index in [1.54, 1.807) is 54.6 Å². The second-order valence-corrected chi connectivity index (χ2v) is 7.27. The van der Waals surface area contributed by atoms with Gasteiger partial charge in [0.15, 0.2) is 6.61 Å². The van der Waals surface area contributed by atoms with E-state index in [9.17, 15) is 14.4 Å². The second-order valence-electron chi connectivity index (χ2n) is 7.27. The molecule has 0 saturated carbocycles. The van der Waals surface area contributed by atoms with Crippen LogP contribution in [0.1, 0.15) is 5.56 Å². The number of aryl methyl sites for hydroxylation is 1. The quantitative estimate of drug-likeness (QED) is 0.372. The highest BCUT2D eigenvalue weighted by atomic mass is 16.5. The number of hydrogen-bond acceptors (Lipinski definition) is 5. The zero-order valence-electron chi connectivity index (χ0n) is 17.8. The van der Waals surface area contributed by atoms with Gasteiger partial charge >= 0.3 is 11.7 Å². The van der Waals surface area contributed by atoms with Gasteiger partial charge in [-0.25, -0.2) is 9.59 Å². The minimum Gasteiger partial charge on any atom is -0.484 e. The first kappa shape index (κ1) is 21.6. The topological polar surface area (TPSA) is 110 Å². The lowest BCUT2D eigenvalue weighted by Gasteiger charge is -2.13. The van der Waals surface area contributed by atoms with Gasteiger partial charge in [-0.05, 0) is 55.0 Å². The molecule has 166 valence electrons. The summed E-state index contributed by atoms with van der Waals surface area (Å²) < 4.78 is 10.7. The standard InChI is InChI=1S/C25H21N3O5/c1-16-7-10-19(27-25(31)26-18-5-3-2-4-6-18)13-21(16)28-23(29)15-32-20-11-8-17-9-12-24(30)33-22(17)14-20/h2-14H,15H2,1H3,(H,28,29)(H2,26,27,31). The van der Waals surface area contributed by atoms with Crippen LogP contribution >= 0.6 is 0 Å². The summed E-state index contributed by atoms with van der Waals surface area (Å²) in [6.45, 7) is 1.60. The first-order valence-electron chi connectivity index (χ1n) is 10.2. The van der Waals surface area contributed by atoms with Gasteiger partial charge in [0.05, 0.1) is 0 Å². The monoisotopic (exact) mass is 443 g/mol. The van der Waals surface area contributed by atoms with E-state index in [-0.39, 0.29) is 12.5 Å². The minimum atomic E-state index is -0.459. The van der Waals surface area contributed by atoms with Crippen molar-refractivity contribution in [1.82, 2.24) is 0 Å². The Labute approximate surface area is 189 Å².